The van der Waals surface area contributed by atoms with Gasteiger partial charge in [-0.2, -0.15) is 0 Å². The van der Waals surface area contributed by atoms with Gasteiger partial charge < -0.3 is 19.6 Å². The minimum atomic E-state index is -0.680. The van der Waals surface area contributed by atoms with Crippen molar-refractivity contribution in [1.82, 2.24) is 14.8 Å². The maximum Gasteiger partial charge on any atom is 0.295 e. The van der Waals surface area contributed by atoms with Gasteiger partial charge in [0.2, 0.25) is 0 Å². The summed E-state index contributed by atoms with van der Waals surface area (Å²) in [5.41, 5.74) is 2.07. The maximum atomic E-state index is 13.1. The van der Waals surface area contributed by atoms with Crippen LogP contribution in [0.25, 0.3) is 5.76 Å². The summed E-state index contributed by atoms with van der Waals surface area (Å²) in [6, 6.07) is 8.28. The van der Waals surface area contributed by atoms with Crippen LogP contribution in [0.15, 0.2) is 48.3 Å². The Morgan fingerprint density at radius 3 is 2.64 bits per heavy atom. The monoisotopic (exact) mass is 451 g/mol. The van der Waals surface area contributed by atoms with Crippen molar-refractivity contribution in [2.24, 2.45) is 0 Å². The third-order valence-electron chi connectivity index (χ3n) is 5.76. The summed E-state index contributed by atoms with van der Waals surface area (Å²) >= 11 is 0. The molecule has 1 N–H and O–H groups in total. The van der Waals surface area contributed by atoms with Gasteiger partial charge in [-0.1, -0.05) is 19.4 Å². The lowest BCUT2D eigenvalue weighted by Gasteiger charge is -2.25. The zero-order valence-corrected chi connectivity index (χ0v) is 19.9. The van der Waals surface area contributed by atoms with Crippen molar-refractivity contribution < 1.29 is 19.4 Å². The molecule has 1 aromatic carbocycles. The minimum Gasteiger partial charge on any atom is -0.507 e. The number of hydrogen-bond donors (Lipinski definition) is 1. The van der Waals surface area contributed by atoms with Gasteiger partial charge in [0.15, 0.2) is 0 Å². The van der Waals surface area contributed by atoms with Crippen molar-refractivity contribution in [2.75, 3.05) is 33.8 Å². The van der Waals surface area contributed by atoms with Crippen LogP contribution in [-0.2, 0) is 9.59 Å². The lowest BCUT2D eigenvalue weighted by molar-refractivity contribution is -0.139. The normalized spacial score (nSPS) is 17.7. The first-order valence-electron chi connectivity index (χ1n) is 11.4. The Labute approximate surface area is 195 Å². The molecule has 7 nitrogen and oxygen atoms in total. The molecule has 3 rings (SSSR count). The second kappa shape index (κ2) is 11.1. The fourth-order valence-electron chi connectivity index (χ4n) is 4.02. The van der Waals surface area contributed by atoms with E-state index in [1.54, 1.807) is 35.5 Å². The minimum absolute atomic E-state index is 0.0978. The van der Waals surface area contributed by atoms with Gasteiger partial charge in [0.25, 0.3) is 11.7 Å². The summed E-state index contributed by atoms with van der Waals surface area (Å²) in [6.45, 7) is 5.77. The quantitative estimate of drug-likeness (QED) is 0.255. The van der Waals surface area contributed by atoms with E-state index in [2.05, 4.69) is 11.9 Å². The Bertz CT molecular complexity index is 1020. The van der Waals surface area contributed by atoms with E-state index in [1.807, 2.05) is 38.1 Å². The molecule has 0 saturated carbocycles. The number of nitrogens with zero attached hydrogens (tertiary/aromatic N) is 3. The number of unbranched alkanes of at least 4 members (excludes halogenated alkanes) is 1. The summed E-state index contributed by atoms with van der Waals surface area (Å²) in [5.74, 6) is -0.726. The van der Waals surface area contributed by atoms with Crippen molar-refractivity contribution in [3.63, 3.8) is 0 Å². The second-order valence-electron chi connectivity index (χ2n) is 8.61. The number of carbonyl (C=O) groups is 2. The van der Waals surface area contributed by atoms with Gasteiger partial charge in [-0.25, -0.2) is 0 Å². The number of amides is 1. The van der Waals surface area contributed by atoms with Crippen molar-refractivity contribution in [3.8, 4) is 5.75 Å². The third kappa shape index (κ3) is 5.60. The van der Waals surface area contributed by atoms with Gasteiger partial charge in [-0.05, 0) is 75.8 Å². The predicted octanol–water partition coefficient (Wildman–Crippen LogP) is 3.94. The van der Waals surface area contributed by atoms with Crippen molar-refractivity contribution >= 4 is 17.4 Å². The highest BCUT2D eigenvalue weighted by molar-refractivity contribution is 6.46. The number of aliphatic hydroxyl groups excluding tert-OH is 1. The van der Waals surface area contributed by atoms with E-state index in [0.29, 0.717) is 36.4 Å². The summed E-state index contributed by atoms with van der Waals surface area (Å²) in [4.78, 5) is 33.8. The highest BCUT2D eigenvalue weighted by Gasteiger charge is 2.46. The molecule has 0 aliphatic carbocycles. The molecule has 1 aliphatic rings. The van der Waals surface area contributed by atoms with E-state index < -0.39 is 17.7 Å². The third-order valence-corrected chi connectivity index (χ3v) is 5.76. The zero-order chi connectivity index (χ0) is 24.0. The number of ketones is 1. The molecule has 176 valence electrons. The molecule has 1 amide bonds. The van der Waals surface area contributed by atoms with Gasteiger partial charge in [0, 0.05) is 24.5 Å². The van der Waals surface area contributed by atoms with Gasteiger partial charge in [-0.15, -0.1) is 0 Å². The molecular formula is C26H33N3O4. The van der Waals surface area contributed by atoms with Crippen LogP contribution in [0.2, 0.25) is 0 Å². The number of pyridine rings is 1. The summed E-state index contributed by atoms with van der Waals surface area (Å²) < 4.78 is 5.76. The Kier molecular flexibility index (Phi) is 8.22. The number of benzene rings is 1. The van der Waals surface area contributed by atoms with Crippen LogP contribution in [-0.4, -0.2) is 65.4 Å². The number of aromatic nitrogens is 1. The first-order valence-corrected chi connectivity index (χ1v) is 11.4. The summed E-state index contributed by atoms with van der Waals surface area (Å²) in [6.07, 6.45) is 5.99. The highest BCUT2D eigenvalue weighted by Crippen LogP contribution is 2.40. The average molecular weight is 452 g/mol. The van der Waals surface area contributed by atoms with Crippen LogP contribution >= 0.6 is 0 Å². The van der Waals surface area contributed by atoms with E-state index in [-0.39, 0.29) is 11.3 Å². The highest BCUT2D eigenvalue weighted by atomic mass is 16.5. The lowest BCUT2D eigenvalue weighted by atomic mass is 9.94. The lowest BCUT2D eigenvalue weighted by Crippen LogP contribution is -2.32. The smallest absolute Gasteiger partial charge is 0.295 e. The van der Waals surface area contributed by atoms with Crippen LogP contribution in [0, 0.1) is 6.92 Å². The SMILES string of the molecule is CCCCOc1ccc(/C(O)=C2\C(=O)C(=O)N(CCCN(C)C)[C@H]2c2cccnc2)c(C)c1. The van der Waals surface area contributed by atoms with E-state index in [9.17, 15) is 14.7 Å². The van der Waals surface area contributed by atoms with E-state index in [0.717, 1.165) is 24.9 Å². The largest absolute Gasteiger partial charge is 0.507 e. The molecule has 0 bridgehead atoms. The Morgan fingerprint density at radius 1 is 1.21 bits per heavy atom. The molecule has 1 atom stereocenters. The number of rotatable bonds is 10. The van der Waals surface area contributed by atoms with E-state index >= 15 is 0 Å². The molecule has 2 aromatic rings. The van der Waals surface area contributed by atoms with Crippen LogP contribution in [0.4, 0.5) is 0 Å². The molecular weight excluding hydrogens is 418 g/mol. The standard InChI is InChI=1S/C26H33N3O4/c1-5-6-15-33-20-10-11-21(18(2)16-20)24(30)22-23(19-9-7-12-27-17-19)29(26(32)25(22)31)14-8-13-28(3)4/h7,9-12,16-17,23,30H,5-6,8,13-15H2,1-4H3/b24-22+/t23-/m0/s1. The van der Waals surface area contributed by atoms with Crippen molar-refractivity contribution in [2.45, 2.75) is 39.2 Å². The fraction of sp³-hybridized carbons (Fsp3) is 0.423. The first-order chi connectivity index (χ1) is 15.8. The molecule has 2 heterocycles. The molecule has 0 unspecified atom stereocenters. The number of hydrogen-bond acceptors (Lipinski definition) is 6. The molecule has 1 aliphatic heterocycles. The topological polar surface area (TPSA) is 83.0 Å². The summed E-state index contributed by atoms with van der Waals surface area (Å²) in [5, 5.41) is 11.3. The van der Waals surface area contributed by atoms with Crippen molar-refractivity contribution in [3.05, 3.63) is 65.0 Å². The molecule has 7 heteroatoms. The van der Waals surface area contributed by atoms with Gasteiger partial charge in [0.05, 0.1) is 18.2 Å². The molecule has 1 aromatic heterocycles. The first kappa shape index (κ1) is 24.5. The Balaban J connectivity index is 2.00. The molecule has 0 spiro atoms. The number of carbonyl (C=O) groups excluding carboxylic acids is 2. The average Bonchev–Trinajstić information content (AvgIpc) is 3.04. The van der Waals surface area contributed by atoms with Crippen LogP contribution in [0.3, 0.4) is 0 Å². The van der Waals surface area contributed by atoms with E-state index in [4.69, 9.17) is 4.74 Å². The Hall–Kier alpha value is -3.19. The second-order valence-corrected chi connectivity index (χ2v) is 8.61. The zero-order valence-electron chi connectivity index (χ0n) is 19.9. The molecule has 1 saturated heterocycles. The number of ether oxygens (including phenoxy) is 1. The van der Waals surface area contributed by atoms with Crippen LogP contribution < -0.4 is 4.74 Å². The van der Waals surface area contributed by atoms with Crippen molar-refractivity contribution in [1.29, 1.82) is 0 Å². The number of aryl methyl sites for hydroxylation is 1. The van der Waals surface area contributed by atoms with Gasteiger partial charge in [0.1, 0.15) is 11.5 Å². The maximum absolute atomic E-state index is 13.1. The molecule has 0 radical (unpaired) electrons. The van der Waals surface area contributed by atoms with Crippen LogP contribution in [0.1, 0.15) is 48.9 Å². The van der Waals surface area contributed by atoms with E-state index in [1.165, 1.54) is 0 Å². The molecule has 1 fully saturated rings. The fourth-order valence-corrected chi connectivity index (χ4v) is 4.02. The number of aliphatic hydroxyl groups is 1. The summed E-state index contributed by atoms with van der Waals surface area (Å²) in [7, 11) is 3.93. The Morgan fingerprint density at radius 2 is 2.00 bits per heavy atom. The number of Topliss-reactive ketones (excluding diaryl/α,β-unsaturated/α-hetero) is 1. The molecule has 33 heavy (non-hydrogen) atoms. The predicted molar refractivity (Wildman–Crippen MR) is 128 cm³/mol. The van der Waals surface area contributed by atoms with Gasteiger partial charge in [-0.3, -0.25) is 14.6 Å². The van der Waals surface area contributed by atoms with Crippen LogP contribution in [0.5, 0.6) is 5.75 Å². The van der Waals surface area contributed by atoms with Gasteiger partial charge >= 0.3 is 0 Å². The number of likely N-dealkylation sites (tertiary alicyclic amines) is 1.